The molecule has 0 spiro atoms. The first-order chi connectivity index (χ1) is 14.4. The summed E-state index contributed by atoms with van der Waals surface area (Å²) in [6.45, 7) is 9.84. The Labute approximate surface area is 179 Å². The fraction of sp³-hybridized carbons (Fsp3) is 0.500. The van der Waals surface area contributed by atoms with E-state index in [0.29, 0.717) is 48.3 Å². The van der Waals surface area contributed by atoms with Crippen molar-refractivity contribution in [1.82, 2.24) is 9.72 Å². The Kier molecular flexibility index (Phi) is 5.98. The number of hydrogen-bond donors (Lipinski definition) is 2. The number of aromatic carboxylic acids is 1. The van der Waals surface area contributed by atoms with Crippen molar-refractivity contribution in [2.24, 2.45) is 0 Å². The summed E-state index contributed by atoms with van der Waals surface area (Å²) in [5.74, 6) is -1.96. The van der Waals surface area contributed by atoms with Crippen LogP contribution in [0.15, 0.2) is 17.1 Å². The lowest BCUT2D eigenvalue weighted by Crippen LogP contribution is -2.40. The zero-order valence-electron chi connectivity index (χ0n) is 18.4. The number of nitrogens with zero attached hydrogens (tertiary/aromatic N) is 2. The molecule has 168 valence electrons. The highest BCUT2D eigenvalue weighted by atomic mass is 19.1. The van der Waals surface area contributed by atoms with Gasteiger partial charge >= 0.3 is 12.1 Å². The van der Waals surface area contributed by atoms with Gasteiger partial charge in [-0.15, -0.1) is 0 Å². The second-order valence-electron chi connectivity index (χ2n) is 8.79. The van der Waals surface area contributed by atoms with E-state index in [2.05, 4.69) is 5.32 Å². The normalized spacial score (nSPS) is 16.6. The van der Waals surface area contributed by atoms with E-state index in [1.165, 1.54) is 6.07 Å². The van der Waals surface area contributed by atoms with Crippen LogP contribution >= 0.6 is 0 Å². The highest BCUT2D eigenvalue weighted by molar-refractivity contribution is 5.89. The number of carboxylic acids is 1. The van der Waals surface area contributed by atoms with Gasteiger partial charge in [-0.2, -0.15) is 0 Å². The molecule has 1 unspecified atom stereocenters. The molecule has 1 amide bonds. The Morgan fingerprint density at radius 1 is 1.35 bits per heavy atom. The van der Waals surface area contributed by atoms with Crippen molar-refractivity contribution in [3.8, 4) is 0 Å². The number of rotatable bonds is 4. The summed E-state index contributed by atoms with van der Waals surface area (Å²) < 4.78 is 21.5. The molecular formula is C22H28FN3O5. The lowest BCUT2D eigenvalue weighted by molar-refractivity contribution is 0.0508. The van der Waals surface area contributed by atoms with Crippen LogP contribution in [0.1, 0.15) is 55.6 Å². The molecule has 0 radical (unpaired) electrons. The quantitative estimate of drug-likeness (QED) is 0.769. The zero-order valence-corrected chi connectivity index (χ0v) is 18.4. The molecule has 0 bridgehead atoms. The molecule has 1 fully saturated rings. The zero-order chi connectivity index (χ0) is 23.1. The van der Waals surface area contributed by atoms with Crippen LogP contribution in [0.2, 0.25) is 0 Å². The average molecular weight is 433 g/mol. The van der Waals surface area contributed by atoms with Gasteiger partial charge in [0, 0.05) is 13.1 Å². The molecule has 0 saturated carbocycles. The van der Waals surface area contributed by atoms with Gasteiger partial charge in [-0.25, -0.2) is 14.0 Å². The number of aromatic nitrogens is 1. The topological polar surface area (TPSA) is 100 Å². The third-order valence-electron chi connectivity index (χ3n) is 5.33. The van der Waals surface area contributed by atoms with Crippen LogP contribution in [0, 0.1) is 12.7 Å². The maximum Gasteiger partial charge on any atom is 0.407 e. The number of carboxylic acid groups (broad SMARTS) is 1. The van der Waals surface area contributed by atoms with Crippen molar-refractivity contribution in [2.45, 2.75) is 59.1 Å². The van der Waals surface area contributed by atoms with Gasteiger partial charge in [0.1, 0.15) is 11.2 Å². The van der Waals surface area contributed by atoms with Crippen molar-refractivity contribution in [3.05, 3.63) is 45.1 Å². The lowest BCUT2D eigenvalue weighted by atomic mass is 10.0. The molecule has 2 aromatic rings. The number of aryl methyl sites for hydroxylation is 2. The summed E-state index contributed by atoms with van der Waals surface area (Å²) in [4.78, 5) is 37.9. The molecule has 1 saturated heterocycles. The van der Waals surface area contributed by atoms with Gasteiger partial charge in [0.05, 0.1) is 23.4 Å². The van der Waals surface area contributed by atoms with E-state index >= 15 is 4.39 Å². The second kappa shape index (κ2) is 8.20. The molecule has 2 aromatic heterocycles. The van der Waals surface area contributed by atoms with Gasteiger partial charge < -0.3 is 20.1 Å². The highest BCUT2D eigenvalue weighted by Gasteiger charge is 2.30. The van der Waals surface area contributed by atoms with Crippen LogP contribution in [0.3, 0.4) is 0 Å². The highest BCUT2D eigenvalue weighted by Crippen LogP contribution is 2.31. The van der Waals surface area contributed by atoms with Gasteiger partial charge in [-0.05, 0) is 57.7 Å². The Bertz CT molecular complexity index is 1100. The number of fused-ring (bicyclic) bond motifs is 1. The molecule has 3 heterocycles. The third-order valence-corrected chi connectivity index (χ3v) is 5.33. The number of nitrogens with one attached hydrogen (secondary N) is 1. The third kappa shape index (κ3) is 4.50. The molecule has 0 aromatic carbocycles. The number of ether oxygens (including phenoxy) is 1. The number of alkyl carbamates (subject to hydrolysis) is 1. The predicted octanol–water partition coefficient (Wildman–Crippen LogP) is 3.11. The number of hydrogen-bond acceptors (Lipinski definition) is 5. The van der Waals surface area contributed by atoms with Crippen molar-refractivity contribution in [2.75, 3.05) is 18.0 Å². The number of carbonyl (C=O) groups is 2. The molecule has 1 atom stereocenters. The van der Waals surface area contributed by atoms with Gasteiger partial charge in [-0.3, -0.25) is 9.20 Å². The summed E-state index contributed by atoms with van der Waals surface area (Å²) in [5, 5.41) is 12.1. The SMILES string of the molecule is CCc1cc(C(=O)O)c(=O)n2cc(F)c(N3CCC(NC(=O)OC(C)(C)C)C3)c(C)c12. The van der Waals surface area contributed by atoms with E-state index in [1.807, 2.05) is 11.8 Å². The molecule has 2 N–H and O–H groups in total. The number of carbonyl (C=O) groups excluding carboxylic acids is 1. The number of anilines is 1. The Balaban J connectivity index is 1.97. The van der Waals surface area contributed by atoms with Crippen LogP contribution in [-0.4, -0.2) is 46.3 Å². The smallest absolute Gasteiger partial charge is 0.407 e. The van der Waals surface area contributed by atoms with Crippen molar-refractivity contribution < 1.29 is 23.8 Å². The number of amides is 1. The van der Waals surface area contributed by atoms with E-state index in [0.717, 1.165) is 10.6 Å². The van der Waals surface area contributed by atoms with E-state index in [4.69, 9.17) is 4.74 Å². The van der Waals surface area contributed by atoms with Crippen LogP contribution in [0.4, 0.5) is 14.9 Å². The number of halogens is 1. The van der Waals surface area contributed by atoms with Gasteiger partial charge in [0.15, 0.2) is 5.82 Å². The molecule has 31 heavy (non-hydrogen) atoms. The van der Waals surface area contributed by atoms with Crippen LogP contribution < -0.4 is 15.8 Å². The minimum Gasteiger partial charge on any atom is -0.477 e. The van der Waals surface area contributed by atoms with Gasteiger partial charge in [-0.1, -0.05) is 6.92 Å². The van der Waals surface area contributed by atoms with E-state index < -0.39 is 29.0 Å². The van der Waals surface area contributed by atoms with Crippen LogP contribution in [0.25, 0.3) is 5.52 Å². The summed E-state index contributed by atoms with van der Waals surface area (Å²) in [5.41, 5.74) is 0.315. The van der Waals surface area contributed by atoms with Gasteiger partial charge in [0.25, 0.3) is 5.56 Å². The number of pyridine rings is 2. The van der Waals surface area contributed by atoms with Gasteiger partial charge in [0.2, 0.25) is 0 Å². The minimum atomic E-state index is -1.34. The lowest BCUT2D eigenvalue weighted by Gasteiger charge is -2.25. The fourth-order valence-electron chi connectivity index (χ4n) is 4.07. The Morgan fingerprint density at radius 2 is 2.03 bits per heavy atom. The first-order valence-corrected chi connectivity index (χ1v) is 10.3. The molecule has 0 aliphatic carbocycles. The van der Waals surface area contributed by atoms with E-state index in [1.54, 1.807) is 27.7 Å². The predicted molar refractivity (Wildman–Crippen MR) is 115 cm³/mol. The molecule has 1 aliphatic rings. The summed E-state index contributed by atoms with van der Waals surface area (Å²) in [6, 6.07) is 1.16. The fourth-order valence-corrected chi connectivity index (χ4v) is 4.07. The maximum absolute atomic E-state index is 15.1. The van der Waals surface area contributed by atoms with Crippen molar-refractivity contribution in [3.63, 3.8) is 0 Å². The van der Waals surface area contributed by atoms with Crippen molar-refractivity contribution >= 4 is 23.3 Å². The first-order valence-electron chi connectivity index (χ1n) is 10.3. The molecule has 8 nitrogen and oxygen atoms in total. The largest absolute Gasteiger partial charge is 0.477 e. The minimum absolute atomic E-state index is 0.202. The first kappa shape index (κ1) is 22.6. The van der Waals surface area contributed by atoms with E-state index in [-0.39, 0.29) is 11.6 Å². The standard InChI is InChI=1S/C22H28FN3O5/c1-6-13-9-15(20(28)29)19(27)26-11-16(23)18(12(2)17(13)26)25-8-7-14(10-25)24-21(30)31-22(3,4)5/h9,11,14H,6-8,10H2,1-5H3,(H,24,30)(H,28,29). The average Bonchev–Trinajstić information content (AvgIpc) is 3.08. The van der Waals surface area contributed by atoms with E-state index in [9.17, 15) is 19.5 Å². The molecule has 9 heteroatoms. The molecule has 3 rings (SSSR count). The maximum atomic E-state index is 15.1. The molecule has 1 aliphatic heterocycles. The Hall–Kier alpha value is -3.10. The Morgan fingerprint density at radius 3 is 2.61 bits per heavy atom. The van der Waals surface area contributed by atoms with Crippen LogP contribution in [-0.2, 0) is 11.2 Å². The van der Waals surface area contributed by atoms with Crippen molar-refractivity contribution in [1.29, 1.82) is 0 Å². The monoisotopic (exact) mass is 433 g/mol. The molecular weight excluding hydrogens is 405 g/mol. The summed E-state index contributed by atoms with van der Waals surface area (Å²) in [6.07, 6.45) is 1.64. The van der Waals surface area contributed by atoms with Crippen LogP contribution in [0.5, 0.6) is 0 Å². The summed E-state index contributed by atoms with van der Waals surface area (Å²) >= 11 is 0. The summed E-state index contributed by atoms with van der Waals surface area (Å²) in [7, 11) is 0. The second-order valence-corrected chi connectivity index (χ2v) is 8.79.